The molecule has 0 atom stereocenters. The zero-order valence-electron chi connectivity index (χ0n) is 18.3. The normalized spacial score (nSPS) is 10.9. The minimum atomic E-state index is -0.194. The lowest BCUT2D eigenvalue weighted by molar-refractivity contribution is 0.0952. The van der Waals surface area contributed by atoms with Crippen molar-refractivity contribution in [3.63, 3.8) is 0 Å². The minimum Gasteiger partial charge on any atom is -0.352 e. The van der Waals surface area contributed by atoms with Gasteiger partial charge in [0.15, 0.2) is 5.01 Å². The van der Waals surface area contributed by atoms with Crippen molar-refractivity contribution in [3.8, 4) is 11.3 Å². The number of amides is 2. The molecule has 168 valence electrons. The van der Waals surface area contributed by atoms with Crippen LogP contribution >= 0.6 is 11.3 Å². The smallest absolute Gasteiger partial charge is 0.280 e. The van der Waals surface area contributed by atoms with Crippen LogP contribution in [0, 0.1) is 0 Å². The van der Waals surface area contributed by atoms with Gasteiger partial charge < -0.3 is 10.6 Å². The molecular weight excluding hydrogens is 444 g/mol. The van der Waals surface area contributed by atoms with Crippen molar-refractivity contribution in [1.82, 2.24) is 20.6 Å². The molecule has 2 N–H and O–H groups in total. The van der Waals surface area contributed by atoms with Gasteiger partial charge in [0.2, 0.25) is 0 Å². The topological polar surface area (TPSA) is 84.0 Å². The Morgan fingerprint density at radius 2 is 1.41 bits per heavy atom. The molecule has 2 heterocycles. The number of hydrogen-bond acceptors (Lipinski definition) is 5. The fourth-order valence-corrected chi connectivity index (χ4v) is 4.63. The summed E-state index contributed by atoms with van der Waals surface area (Å²) in [5, 5.41) is 7.11. The van der Waals surface area contributed by atoms with Crippen molar-refractivity contribution in [2.75, 3.05) is 13.1 Å². The second-order valence-electron chi connectivity index (χ2n) is 7.79. The van der Waals surface area contributed by atoms with Crippen molar-refractivity contribution in [2.45, 2.75) is 6.42 Å². The predicted molar refractivity (Wildman–Crippen MR) is 136 cm³/mol. The highest BCUT2D eigenvalue weighted by Crippen LogP contribution is 2.25. The molecule has 34 heavy (non-hydrogen) atoms. The van der Waals surface area contributed by atoms with Gasteiger partial charge in [0, 0.05) is 24.0 Å². The van der Waals surface area contributed by atoms with Crippen LogP contribution in [-0.2, 0) is 0 Å². The van der Waals surface area contributed by atoms with E-state index >= 15 is 0 Å². The van der Waals surface area contributed by atoms with Crippen molar-refractivity contribution >= 4 is 44.3 Å². The number of rotatable bonds is 7. The van der Waals surface area contributed by atoms with E-state index in [4.69, 9.17) is 4.98 Å². The van der Waals surface area contributed by atoms with Crippen LogP contribution in [0.15, 0.2) is 84.9 Å². The third-order valence-corrected chi connectivity index (χ3v) is 6.48. The average molecular weight is 467 g/mol. The van der Waals surface area contributed by atoms with Gasteiger partial charge in [-0.15, -0.1) is 11.3 Å². The summed E-state index contributed by atoms with van der Waals surface area (Å²) in [5.74, 6) is -0.353. The molecule has 5 aromatic rings. The largest absolute Gasteiger partial charge is 0.352 e. The van der Waals surface area contributed by atoms with Gasteiger partial charge in [-0.2, -0.15) is 0 Å². The van der Waals surface area contributed by atoms with Crippen LogP contribution in [0.1, 0.15) is 26.6 Å². The Labute approximate surface area is 200 Å². The van der Waals surface area contributed by atoms with E-state index in [1.165, 1.54) is 11.3 Å². The molecule has 0 unspecified atom stereocenters. The molecule has 6 nitrogen and oxygen atoms in total. The number of fused-ring (bicyclic) bond motifs is 2. The number of nitrogens with one attached hydrogen (secondary N) is 2. The minimum absolute atomic E-state index is 0.159. The van der Waals surface area contributed by atoms with Crippen LogP contribution in [-0.4, -0.2) is 34.9 Å². The van der Waals surface area contributed by atoms with Gasteiger partial charge in [0.25, 0.3) is 11.8 Å². The number of thiazole rings is 1. The highest BCUT2D eigenvalue weighted by atomic mass is 32.1. The first-order chi connectivity index (χ1) is 16.7. The Morgan fingerprint density at radius 1 is 0.735 bits per heavy atom. The Kier molecular flexibility index (Phi) is 6.27. The van der Waals surface area contributed by atoms with Gasteiger partial charge in [-0.3, -0.25) is 9.59 Å². The zero-order valence-corrected chi connectivity index (χ0v) is 19.1. The van der Waals surface area contributed by atoms with Gasteiger partial charge in [-0.1, -0.05) is 60.7 Å². The SMILES string of the molecule is O=C(NCCCNC(=O)c1cc(-c2ccccc2)nc2ccccc12)c1nc2ccccc2s1. The number of pyridine rings is 1. The molecular formula is C27H22N4O2S. The third-order valence-electron chi connectivity index (χ3n) is 5.44. The summed E-state index contributed by atoms with van der Waals surface area (Å²) >= 11 is 1.37. The molecule has 0 saturated carbocycles. The summed E-state index contributed by atoms with van der Waals surface area (Å²) in [6.45, 7) is 0.887. The molecule has 0 saturated heterocycles. The molecule has 0 radical (unpaired) electrons. The van der Waals surface area contributed by atoms with Crippen molar-refractivity contribution in [3.05, 3.63) is 95.5 Å². The number of hydrogen-bond donors (Lipinski definition) is 2. The van der Waals surface area contributed by atoms with Crippen molar-refractivity contribution in [2.24, 2.45) is 0 Å². The van der Waals surface area contributed by atoms with Crippen LogP contribution in [0.3, 0.4) is 0 Å². The first-order valence-corrected chi connectivity index (χ1v) is 11.9. The van der Waals surface area contributed by atoms with Gasteiger partial charge in [-0.25, -0.2) is 9.97 Å². The zero-order chi connectivity index (χ0) is 23.3. The Balaban J connectivity index is 1.21. The molecule has 0 aliphatic heterocycles. The Bertz CT molecular complexity index is 1450. The summed E-state index contributed by atoms with van der Waals surface area (Å²) in [7, 11) is 0. The van der Waals surface area contributed by atoms with Gasteiger partial charge in [0.05, 0.1) is 27.0 Å². The second kappa shape index (κ2) is 9.80. The first-order valence-electron chi connectivity index (χ1n) is 11.1. The van der Waals surface area contributed by atoms with E-state index in [1.54, 1.807) is 0 Å². The number of benzene rings is 3. The standard InChI is InChI=1S/C27H22N4O2S/c32-25(28-15-8-16-29-26(33)27-31-22-13-6-7-14-24(22)34-27)20-17-23(18-9-2-1-3-10-18)30-21-12-5-4-11-19(20)21/h1-7,9-14,17H,8,15-16H2,(H,28,32)(H,29,33). The first kappa shape index (κ1) is 21.7. The quantitative estimate of drug-likeness (QED) is 0.328. The molecule has 5 rings (SSSR count). The maximum atomic E-state index is 13.0. The van der Waals surface area contributed by atoms with Gasteiger partial charge >= 0.3 is 0 Å². The summed E-state index contributed by atoms with van der Waals surface area (Å²) < 4.78 is 0.986. The highest BCUT2D eigenvalue weighted by molar-refractivity contribution is 7.20. The summed E-state index contributed by atoms with van der Waals surface area (Å²) in [6, 6.07) is 27.0. The predicted octanol–water partition coefficient (Wildman–Crippen LogP) is 5.06. The summed E-state index contributed by atoms with van der Waals surface area (Å²) in [5.41, 5.74) is 3.90. The third kappa shape index (κ3) is 4.65. The molecule has 7 heteroatoms. The van der Waals surface area contributed by atoms with E-state index in [-0.39, 0.29) is 11.8 Å². The molecule has 2 aromatic heterocycles. The lowest BCUT2D eigenvalue weighted by Crippen LogP contribution is -2.30. The summed E-state index contributed by atoms with van der Waals surface area (Å²) in [4.78, 5) is 34.5. The molecule has 0 spiro atoms. The fraction of sp³-hybridized carbons (Fsp3) is 0.111. The molecule has 2 amide bonds. The van der Waals surface area contributed by atoms with Crippen LogP contribution in [0.4, 0.5) is 0 Å². The van der Waals surface area contributed by atoms with Crippen molar-refractivity contribution < 1.29 is 9.59 Å². The number of carbonyl (C=O) groups excluding carboxylic acids is 2. The van der Waals surface area contributed by atoms with E-state index in [1.807, 2.05) is 84.9 Å². The highest BCUT2D eigenvalue weighted by Gasteiger charge is 2.14. The van der Waals surface area contributed by atoms with Gasteiger partial charge in [-0.05, 0) is 30.7 Å². The van der Waals surface area contributed by atoms with E-state index < -0.39 is 0 Å². The fourth-order valence-electron chi connectivity index (χ4n) is 3.75. The van der Waals surface area contributed by atoms with Crippen LogP contribution < -0.4 is 10.6 Å². The van der Waals surface area contributed by atoms with Crippen LogP contribution in [0.5, 0.6) is 0 Å². The van der Waals surface area contributed by atoms with Gasteiger partial charge in [0.1, 0.15) is 0 Å². The van der Waals surface area contributed by atoms with Crippen LogP contribution in [0.25, 0.3) is 32.4 Å². The summed E-state index contributed by atoms with van der Waals surface area (Å²) in [6.07, 6.45) is 0.608. The number of para-hydroxylation sites is 2. The number of aromatic nitrogens is 2. The second-order valence-corrected chi connectivity index (χ2v) is 8.82. The monoisotopic (exact) mass is 466 g/mol. The molecule has 0 fully saturated rings. The van der Waals surface area contributed by atoms with E-state index in [0.29, 0.717) is 30.1 Å². The number of carbonyl (C=O) groups is 2. The van der Waals surface area contributed by atoms with Crippen molar-refractivity contribution in [1.29, 1.82) is 0 Å². The average Bonchev–Trinajstić information content (AvgIpc) is 3.33. The molecule has 0 aliphatic carbocycles. The van der Waals surface area contributed by atoms with E-state index in [9.17, 15) is 9.59 Å². The maximum Gasteiger partial charge on any atom is 0.280 e. The maximum absolute atomic E-state index is 13.0. The lowest BCUT2D eigenvalue weighted by atomic mass is 10.0. The Hall–Kier alpha value is -4.10. The number of nitrogens with zero attached hydrogens (tertiary/aromatic N) is 2. The molecule has 0 aliphatic rings. The lowest BCUT2D eigenvalue weighted by Gasteiger charge is -2.11. The van der Waals surface area contributed by atoms with E-state index in [0.717, 1.165) is 32.4 Å². The van der Waals surface area contributed by atoms with Crippen LogP contribution in [0.2, 0.25) is 0 Å². The Morgan fingerprint density at radius 3 is 2.21 bits per heavy atom. The molecule has 3 aromatic carbocycles. The van der Waals surface area contributed by atoms with E-state index in [2.05, 4.69) is 15.6 Å². The molecule has 0 bridgehead atoms.